The molecule has 26 heavy (non-hydrogen) atoms. The van der Waals surface area contributed by atoms with E-state index in [-0.39, 0.29) is 12.0 Å². The Kier molecular flexibility index (Phi) is 6.22. The molecule has 0 saturated carbocycles. The fourth-order valence-corrected chi connectivity index (χ4v) is 2.23. The molecular weight excluding hydrogens is 330 g/mol. The minimum atomic E-state index is -0.526. The summed E-state index contributed by atoms with van der Waals surface area (Å²) < 4.78 is 5.42. The number of aryl methyl sites for hydroxylation is 1. The van der Waals surface area contributed by atoms with Gasteiger partial charge >= 0.3 is 6.03 Å². The van der Waals surface area contributed by atoms with Gasteiger partial charge in [-0.05, 0) is 41.7 Å². The average molecular weight is 355 g/mol. The summed E-state index contributed by atoms with van der Waals surface area (Å²) in [5.41, 5.74) is 7.44. The van der Waals surface area contributed by atoms with Crippen LogP contribution >= 0.6 is 0 Å². The molecule has 2 aromatic carbocycles. The van der Waals surface area contributed by atoms with Gasteiger partial charge in [-0.1, -0.05) is 51.1 Å². The topological polar surface area (TPSA) is 79.5 Å². The molecule has 0 spiro atoms. The van der Waals surface area contributed by atoms with Crippen molar-refractivity contribution in [2.45, 2.75) is 33.1 Å². The maximum absolute atomic E-state index is 11.8. The quantitative estimate of drug-likeness (QED) is 0.734. The molecule has 3 amide bonds. The number of nitrogens with one attached hydrogen (secondary N) is 3. The van der Waals surface area contributed by atoms with Crippen LogP contribution in [0.3, 0.4) is 0 Å². The van der Waals surface area contributed by atoms with Gasteiger partial charge in [-0.2, -0.15) is 0 Å². The predicted octanol–water partition coefficient (Wildman–Crippen LogP) is 3.52. The zero-order valence-electron chi connectivity index (χ0n) is 15.6. The van der Waals surface area contributed by atoms with Crippen LogP contribution in [0.4, 0.5) is 10.5 Å². The molecule has 138 valence electrons. The molecule has 0 unspecified atom stereocenters. The van der Waals surface area contributed by atoms with E-state index in [0.29, 0.717) is 11.4 Å². The van der Waals surface area contributed by atoms with Gasteiger partial charge in [0.2, 0.25) is 0 Å². The lowest BCUT2D eigenvalue weighted by Crippen LogP contribution is -2.45. The van der Waals surface area contributed by atoms with Gasteiger partial charge in [0.1, 0.15) is 5.75 Å². The number of hydrogen-bond donors (Lipinski definition) is 3. The monoisotopic (exact) mass is 355 g/mol. The molecule has 0 aliphatic rings. The number of hydrazine groups is 1. The summed E-state index contributed by atoms with van der Waals surface area (Å²) in [5.74, 6) is 0.141. The van der Waals surface area contributed by atoms with Gasteiger partial charge < -0.3 is 10.1 Å². The fraction of sp³-hybridized carbons (Fsp3) is 0.300. The van der Waals surface area contributed by atoms with Crippen molar-refractivity contribution < 1.29 is 14.3 Å². The molecule has 2 rings (SSSR count). The zero-order valence-corrected chi connectivity index (χ0v) is 15.6. The largest absolute Gasteiger partial charge is 0.484 e. The normalized spacial score (nSPS) is 10.8. The Hall–Kier alpha value is -3.02. The average Bonchev–Trinajstić information content (AvgIpc) is 2.60. The van der Waals surface area contributed by atoms with Gasteiger partial charge in [0, 0.05) is 5.69 Å². The standard InChI is InChI=1S/C20H25N3O3/c1-14-7-5-6-8-17(14)21-19(25)23-22-18(24)13-26-16-11-9-15(10-12-16)20(2,3)4/h5-12H,13H2,1-4H3,(H,22,24)(H2,21,23,25). The molecule has 0 aliphatic carbocycles. The SMILES string of the molecule is Cc1ccccc1NC(=O)NNC(=O)COc1ccc(C(C)(C)C)cc1. The first kappa shape index (κ1) is 19.3. The van der Waals surface area contributed by atoms with Crippen LogP contribution in [0, 0.1) is 6.92 Å². The first-order valence-corrected chi connectivity index (χ1v) is 8.40. The van der Waals surface area contributed by atoms with E-state index in [0.717, 1.165) is 5.56 Å². The van der Waals surface area contributed by atoms with Crippen LogP contribution in [0.2, 0.25) is 0 Å². The highest BCUT2D eigenvalue weighted by Crippen LogP contribution is 2.24. The number of ether oxygens (including phenoxy) is 1. The number of carbonyl (C=O) groups is 2. The van der Waals surface area contributed by atoms with Crippen molar-refractivity contribution in [2.24, 2.45) is 0 Å². The van der Waals surface area contributed by atoms with Crippen molar-refractivity contribution in [1.82, 2.24) is 10.9 Å². The molecular formula is C20H25N3O3. The molecule has 6 nitrogen and oxygen atoms in total. The summed E-state index contributed by atoms with van der Waals surface area (Å²) in [6, 6.07) is 14.4. The van der Waals surface area contributed by atoms with E-state index in [2.05, 4.69) is 36.9 Å². The van der Waals surface area contributed by atoms with Crippen molar-refractivity contribution >= 4 is 17.6 Å². The van der Waals surface area contributed by atoms with E-state index in [9.17, 15) is 9.59 Å². The number of benzene rings is 2. The molecule has 0 aliphatic heterocycles. The van der Waals surface area contributed by atoms with Crippen molar-refractivity contribution in [1.29, 1.82) is 0 Å². The highest BCUT2D eigenvalue weighted by atomic mass is 16.5. The number of hydrogen-bond acceptors (Lipinski definition) is 3. The molecule has 0 atom stereocenters. The van der Waals surface area contributed by atoms with Crippen molar-refractivity contribution in [3.63, 3.8) is 0 Å². The summed E-state index contributed by atoms with van der Waals surface area (Å²) in [6.45, 7) is 8.07. The van der Waals surface area contributed by atoms with E-state index in [1.807, 2.05) is 49.4 Å². The second-order valence-electron chi connectivity index (χ2n) is 7.01. The number of anilines is 1. The molecule has 0 fully saturated rings. The number of amides is 3. The van der Waals surface area contributed by atoms with Gasteiger partial charge in [-0.25, -0.2) is 10.2 Å². The predicted molar refractivity (Wildman–Crippen MR) is 102 cm³/mol. The molecule has 6 heteroatoms. The molecule has 3 N–H and O–H groups in total. The van der Waals surface area contributed by atoms with Gasteiger partial charge in [-0.15, -0.1) is 0 Å². The van der Waals surface area contributed by atoms with Gasteiger partial charge in [0.15, 0.2) is 6.61 Å². The zero-order chi connectivity index (χ0) is 19.2. The lowest BCUT2D eigenvalue weighted by molar-refractivity contribution is -0.123. The van der Waals surface area contributed by atoms with Crippen molar-refractivity contribution in [3.05, 3.63) is 59.7 Å². The summed E-state index contributed by atoms with van der Waals surface area (Å²) in [4.78, 5) is 23.6. The molecule has 2 aromatic rings. The van der Waals surface area contributed by atoms with Crippen LogP contribution in [0.1, 0.15) is 31.9 Å². The number of para-hydroxylation sites is 1. The Bertz CT molecular complexity index is 765. The lowest BCUT2D eigenvalue weighted by atomic mass is 9.87. The minimum Gasteiger partial charge on any atom is -0.484 e. The summed E-state index contributed by atoms with van der Waals surface area (Å²) >= 11 is 0. The molecule has 0 saturated heterocycles. The first-order chi connectivity index (χ1) is 12.3. The molecule has 0 radical (unpaired) electrons. The third-order valence-electron chi connectivity index (χ3n) is 3.80. The summed E-state index contributed by atoms with van der Waals surface area (Å²) in [7, 11) is 0. The first-order valence-electron chi connectivity index (χ1n) is 8.40. The Morgan fingerprint density at radius 1 is 0.962 bits per heavy atom. The second kappa shape index (κ2) is 8.38. The smallest absolute Gasteiger partial charge is 0.337 e. The van der Waals surface area contributed by atoms with E-state index >= 15 is 0 Å². The van der Waals surface area contributed by atoms with Crippen LogP contribution in [0.5, 0.6) is 5.75 Å². The van der Waals surface area contributed by atoms with Crippen molar-refractivity contribution in [3.8, 4) is 5.75 Å². The highest BCUT2D eigenvalue weighted by molar-refractivity contribution is 5.91. The third-order valence-corrected chi connectivity index (χ3v) is 3.80. The van der Waals surface area contributed by atoms with Gasteiger partial charge in [0.25, 0.3) is 5.91 Å². The Morgan fingerprint density at radius 2 is 1.62 bits per heavy atom. The molecule has 0 aromatic heterocycles. The van der Waals surface area contributed by atoms with Gasteiger partial charge in [0.05, 0.1) is 0 Å². The summed E-state index contributed by atoms with van der Waals surface area (Å²) in [6.07, 6.45) is 0. The lowest BCUT2D eigenvalue weighted by Gasteiger charge is -2.19. The molecule has 0 bridgehead atoms. The third kappa shape index (κ3) is 5.81. The van der Waals surface area contributed by atoms with E-state index < -0.39 is 11.9 Å². The minimum absolute atomic E-state index is 0.0598. The maximum atomic E-state index is 11.8. The number of urea groups is 1. The maximum Gasteiger partial charge on any atom is 0.337 e. The Morgan fingerprint density at radius 3 is 2.23 bits per heavy atom. The van der Waals surface area contributed by atoms with E-state index in [1.165, 1.54) is 5.56 Å². The fourth-order valence-electron chi connectivity index (χ4n) is 2.23. The van der Waals surface area contributed by atoms with Crippen LogP contribution in [-0.4, -0.2) is 18.5 Å². The summed E-state index contributed by atoms with van der Waals surface area (Å²) in [5, 5.41) is 2.65. The number of rotatable bonds is 4. The van der Waals surface area contributed by atoms with Crippen LogP contribution in [0.25, 0.3) is 0 Å². The second-order valence-corrected chi connectivity index (χ2v) is 7.01. The van der Waals surface area contributed by atoms with Gasteiger partial charge in [-0.3, -0.25) is 10.2 Å². The van der Waals surface area contributed by atoms with Crippen LogP contribution < -0.4 is 20.9 Å². The van der Waals surface area contributed by atoms with E-state index in [4.69, 9.17) is 4.74 Å². The molecule has 0 heterocycles. The van der Waals surface area contributed by atoms with Crippen molar-refractivity contribution in [2.75, 3.05) is 11.9 Å². The highest BCUT2D eigenvalue weighted by Gasteiger charge is 2.13. The Labute approximate surface area is 153 Å². The Balaban J connectivity index is 1.75. The number of carbonyl (C=O) groups excluding carboxylic acids is 2. The van der Waals surface area contributed by atoms with E-state index in [1.54, 1.807) is 6.07 Å². The van der Waals surface area contributed by atoms with Crippen LogP contribution in [-0.2, 0) is 10.2 Å². The van der Waals surface area contributed by atoms with Crippen LogP contribution in [0.15, 0.2) is 48.5 Å².